The van der Waals surface area contributed by atoms with E-state index in [1.165, 1.54) is 24.3 Å². The van der Waals surface area contributed by atoms with Crippen molar-refractivity contribution in [1.82, 2.24) is 0 Å². The summed E-state index contributed by atoms with van der Waals surface area (Å²) in [6.07, 6.45) is -23.6. The Balaban J connectivity index is 2.10. The van der Waals surface area contributed by atoms with Crippen molar-refractivity contribution in [2.24, 2.45) is 0 Å². The van der Waals surface area contributed by atoms with E-state index in [9.17, 15) is 52.7 Å². The van der Waals surface area contributed by atoms with Gasteiger partial charge in [0.25, 0.3) is 0 Å². The fourth-order valence-electron chi connectivity index (χ4n) is 4.13. The average molecular weight is 640 g/mol. The third-order valence-corrected chi connectivity index (χ3v) is 5.93. The van der Waals surface area contributed by atoms with Gasteiger partial charge in [-0.2, -0.15) is 52.7 Å². The lowest BCUT2D eigenvalue weighted by atomic mass is 9.86. The van der Waals surface area contributed by atoms with Crippen molar-refractivity contribution < 1.29 is 62.2 Å². The van der Waals surface area contributed by atoms with Crippen LogP contribution in [0.15, 0.2) is 72.8 Å². The lowest BCUT2D eigenvalue weighted by molar-refractivity contribution is -0.146. The summed E-state index contributed by atoms with van der Waals surface area (Å²) >= 11 is 0. The number of hydrogen-bond donors (Lipinski definition) is 2. The van der Waals surface area contributed by atoms with Crippen LogP contribution in [0, 0.1) is 0 Å². The molecule has 4 aromatic carbocycles. The van der Waals surface area contributed by atoms with Crippen LogP contribution in [0.5, 0.6) is 23.0 Å². The first-order valence-electron chi connectivity index (χ1n) is 11.9. The Labute approximate surface area is 239 Å². The van der Waals surface area contributed by atoms with E-state index in [0.29, 0.717) is 0 Å². The predicted molar refractivity (Wildman–Crippen MR) is 134 cm³/mol. The van der Waals surface area contributed by atoms with Crippen LogP contribution in [-0.2, 0) is 24.7 Å². The van der Waals surface area contributed by atoms with E-state index >= 15 is 0 Å². The summed E-state index contributed by atoms with van der Waals surface area (Å²) in [5.41, 5.74) is -3.47. The average Bonchev–Trinajstić information content (AvgIpc) is 2.88. The van der Waals surface area contributed by atoms with Gasteiger partial charge in [0, 0.05) is 22.5 Å². The molecule has 0 amide bonds. The second-order valence-corrected chi connectivity index (χ2v) is 9.12. The zero-order chi connectivity index (χ0) is 32.8. The van der Waals surface area contributed by atoms with Crippen LogP contribution in [0.4, 0.5) is 64.1 Å². The molecule has 4 N–H and O–H groups in total. The summed E-state index contributed by atoms with van der Waals surface area (Å²) in [4.78, 5) is 0. The Hall–Kier alpha value is -4.76. The molecular weight excluding hydrogens is 624 g/mol. The Morgan fingerprint density at radius 1 is 0.364 bits per heavy atom. The van der Waals surface area contributed by atoms with Crippen LogP contribution in [0.2, 0.25) is 0 Å². The lowest BCUT2D eigenvalue weighted by Crippen LogP contribution is -2.20. The number of halogens is 12. The minimum absolute atomic E-state index is 0.125. The maximum Gasteiger partial charge on any atom is 0.417 e. The zero-order valence-electron chi connectivity index (χ0n) is 21.4. The maximum absolute atomic E-state index is 14.3. The number of nitrogen functional groups attached to an aromatic ring is 2. The molecule has 0 saturated heterocycles. The van der Waals surface area contributed by atoms with E-state index in [1.54, 1.807) is 0 Å². The number of hydrogen-bond acceptors (Lipinski definition) is 4. The van der Waals surface area contributed by atoms with Crippen molar-refractivity contribution in [2.75, 3.05) is 11.5 Å². The minimum Gasteiger partial charge on any atom is -0.457 e. The van der Waals surface area contributed by atoms with Crippen LogP contribution in [0.3, 0.4) is 0 Å². The standard InChI is InChI=1S/C28H16F12N2O2/c29-25(30,31)19-9-17(43-15-5-1-13(41)2-6-15)10-20(26(32,33)34)23(19)24-21(27(35,36)37)11-18(12-22(24)28(38,39)40)44-16-7-3-14(42)4-8-16/h1-12H,41-42H2. The predicted octanol–water partition coefficient (Wildman–Crippen LogP) is 10.2. The highest BCUT2D eigenvalue weighted by Gasteiger charge is 2.49. The molecule has 0 radical (unpaired) electrons. The molecular formula is C28H16F12N2O2. The van der Waals surface area contributed by atoms with E-state index in [4.69, 9.17) is 20.9 Å². The topological polar surface area (TPSA) is 70.5 Å². The second-order valence-electron chi connectivity index (χ2n) is 9.12. The molecule has 44 heavy (non-hydrogen) atoms. The molecule has 0 unspecified atom stereocenters. The van der Waals surface area contributed by atoms with Gasteiger partial charge in [0.2, 0.25) is 0 Å². The highest BCUT2D eigenvalue weighted by molar-refractivity contribution is 5.81. The minimum atomic E-state index is -5.90. The highest BCUT2D eigenvalue weighted by atomic mass is 19.4. The number of ether oxygens (including phenoxy) is 2. The smallest absolute Gasteiger partial charge is 0.417 e. The first-order chi connectivity index (χ1) is 20.1. The fourth-order valence-corrected chi connectivity index (χ4v) is 4.13. The molecule has 4 rings (SSSR count). The fraction of sp³-hybridized carbons (Fsp3) is 0.143. The molecule has 0 saturated carbocycles. The molecule has 0 heterocycles. The summed E-state index contributed by atoms with van der Waals surface area (Å²) in [6, 6.07) is 8.47. The number of anilines is 2. The lowest BCUT2D eigenvalue weighted by Gasteiger charge is -2.26. The third kappa shape index (κ3) is 7.06. The number of benzene rings is 4. The van der Waals surface area contributed by atoms with Gasteiger partial charge >= 0.3 is 24.7 Å². The van der Waals surface area contributed by atoms with E-state index < -0.39 is 69.6 Å². The first kappa shape index (κ1) is 32.2. The molecule has 0 aliphatic heterocycles. The molecule has 0 spiro atoms. The summed E-state index contributed by atoms with van der Waals surface area (Å²) in [7, 11) is 0. The molecule has 234 valence electrons. The first-order valence-corrected chi connectivity index (χ1v) is 11.9. The summed E-state index contributed by atoms with van der Waals surface area (Å²) in [6.45, 7) is 0. The van der Waals surface area contributed by atoms with Crippen molar-refractivity contribution in [3.05, 3.63) is 95.1 Å². The Kier molecular flexibility index (Phi) is 8.09. The van der Waals surface area contributed by atoms with E-state index in [2.05, 4.69) is 0 Å². The Morgan fingerprint density at radius 2 is 0.591 bits per heavy atom. The molecule has 0 fully saturated rings. The summed E-state index contributed by atoms with van der Waals surface area (Å²) < 4.78 is 182. The monoisotopic (exact) mass is 640 g/mol. The molecule has 0 aliphatic rings. The zero-order valence-corrected chi connectivity index (χ0v) is 21.4. The van der Waals surface area contributed by atoms with E-state index in [-0.39, 0.29) is 47.1 Å². The Bertz CT molecular complexity index is 1460. The summed E-state index contributed by atoms with van der Waals surface area (Å²) in [5, 5.41) is 0. The van der Waals surface area contributed by atoms with Crippen molar-refractivity contribution in [2.45, 2.75) is 24.7 Å². The van der Waals surface area contributed by atoms with Crippen LogP contribution < -0.4 is 20.9 Å². The van der Waals surface area contributed by atoms with Gasteiger partial charge in [0.1, 0.15) is 23.0 Å². The van der Waals surface area contributed by atoms with Gasteiger partial charge in [-0.25, -0.2) is 0 Å². The third-order valence-electron chi connectivity index (χ3n) is 5.93. The SMILES string of the molecule is Nc1ccc(Oc2cc(C(F)(F)F)c(-c3c(C(F)(F)F)cc(Oc4ccc(N)cc4)cc3C(F)(F)F)c(C(F)(F)F)c2)cc1. The van der Waals surface area contributed by atoms with Crippen LogP contribution in [0.25, 0.3) is 11.1 Å². The van der Waals surface area contributed by atoms with Gasteiger partial charge in [-0.05, 0) is 72.8 Å². The van der Waals surface area contributed by atoms with Gasteiger partial charge in [0.15, 0.2) is 0 Å². The molecule has 0 aliphatic carbocycles. The number of nitrogens with two attached hydrogens (primary N) is 2. The van der Waals surface area contributed by atoms with Gasteiger partial charge in [-0.3, -0.25) is 0 Å². The van der Waals surface area contributed by atoms with Gasteiger partial charge < -0.3 is 20.9 Å². The van der Waals surface area contributed by atoms with Gasteiger partial charge in [-0.15, -0.1) is 0 Å². The highest BCUT2D eigenvalue weighted by Crippen LogP contribution is 2.54. The second kappa shape index (κ2) is 11.1. The quantitative estimate of drug-likeness (QED) is 0.168. The Morgan fingerprint density at radius 3 is 0.795 bits per heavy atom. The largest absolute Gasteiger partial charge is 0.457 e. The van der Waals surface area contributed by atoms with Crippen LogP contribution in [-0.4, -0.2) is 0 Å². The van der Waals surface area contributed by atoms with Crippen LogP contribution >= 0.6 is 0 Å². The summed E-state index contributed by atoms with van der Waals surface area (Å²) in [5.74, 6) is -3.01. The van der Waals surface area contributed by atoms with Gasteiger partial charge in [0.05, 0.1) is 22.3 Å². The maximum atomic E-state index is 14.3. The van der Waals surface area contributed by atoms with Crippen molar-refractivity contribution in [3.8, 4) is 34.1 Å². The van der Waals surface area contributed by atoms with Gasteiger partial charge in [-0.1, -0.05) is 0 Å². The van der Waals surface area contributed by atoms with E-state index in [0.717, 1.165) is 24.3 Å². The van der Waals surface area contributed by atoms with Crippen LogP contribution in [0.1, 0.15) is 22.3 Å². The molecule has 4 nitrogen and oxygen atoms in total. The molecule has 0 bridgehead atoms. The molecule has 16 heteroatoms. The van der Waals surface area contributed by atoms with E-state index in [1.807, 2.05) is 0 Å². The number of alkyl halides is 12. The number of rotatable bonds is 5. The van der Waals surface area contributed by atoms with Crippen molar-refractivity contribution >= 4 is 11.4 Å². The molecule has 0 aromatic heterocycles. The molecule has 4 aromatic rings. The molecule has 0 atom stereocenters. The van der Waals surface area contributed by atoms with Crippen molar-refractivity contribution in [1.29, 1.82) is 0 Å². The normalized spacial score (nSPS) is 12.7. The van der Waals surface area contributed by atoms with Crippen molar-refractivity contribution in [3.63, 3.8) is 0 Å².